The summed E-state index contributed by atoms with van der Waals surface area (Å²) >= 11 is 0. The molecule has 0 atom stereocenters. The average Bonchev–Trinajstić information content (AvgIpc) is 3.00. The molecule has 3 rings (SSSR count). The van der Waals surface area contributed by atoms with Crippen molar-refractivity contribution in [2.75, 3.05) is 17.7 Å². The minimum atomic E-state index is -0.320. The second kappa shape index (κ2) is 7.74. The Hall–Kier alpha value is -3.61. The lowest BCUT2D eigenvalue weighted by molar-refractivity contribution is 0.101. The summed E-state index contributed by atoms with van der Waals surface area (Å²) in [6.07, 6.45) is 0. The Kier molecular flexibility index (Phi) is 5.21. The molecule has 0 radical (unpaired) electrons. The predicted octanol–water partition coefficient (Wildman–Crippen LogP) is 3.80. The molecule has 2 aromatic carbocycles. The molecule has 0 spiro atoms. The van der Waals surface area contributed by atoms with Crippen molar-refractivity contribution in [1.29, 1.82) is 0 Å². The molecule has 0 aliphatic heterocycles. The zero-order valence-electron chi connectivity index (χ0n) is 15.2. The standard InChI is InChI=1S/C20H19N3O4/c1-12-18(13(2)27-23-12)20(25)22-15-8-6-7-14(11-15)21-19(24)16-9-4-5-10-17(16)26-3/h4-11H,1-3H3,(H,21,24)(H,22,25). The molecule has 1 heterocycles. The second-order valence-electron chi connectivity index (χ2n) is 5.89. The maximum atomic E-state index is 12.5. The topological polar surface area (TPSA) is 93.5 Å². The summed E-state index contributed by atoms with van der Waals surface area (Å²) in [7, 11) is 1.51. The number of carbonyl (C=O) groups excluding carboxylic acids is 2. The van der Waals surface area contributed by atoms with Crippen molar-refractivity contribution in [2.24, 2.45) is 0 Å². The maximum absolute atomic E-state index is 12.5. The Morgan fingerprint density at radius 3 is 2.26 bits per heavy atom. The second-order valence-corrected chi connectivity index (χ2v) is 5.89. The number of benzene rings is 2. The minimum Gasteiger partial charge on any atom is -0.496 e. The van der Waals surface area contributed by atoms with Gasteiger partial charge in [-0.15, -0.1) is 0 Å². The molecular formula is C20H19N3O4. The lowest BCUT2D eigenvalue weighted by Gasteiger charge is -2.11. The summed E-state index contributed by atoms with van der Waals surface area (Å²) in [4.78, 5) is 24.9. The number of carbonyl (C=O) groups is 2. The van der Waals surface area contributed by atoms with E-state index in [0.29, 0.717) is 39.7 Å². The highest BCUT2D eigenvalue weighted by molar-refractivity contribution is 6.08. The Balaban J connectivity index is 1.76. The largest absolute Gasteiger partial charge is 0.496 e. The number of anilines is 2. The van der Waals surface area contributed by atoms with E-state index in [-0.39, 0.29) is 11.8 Å². The van der Waals surface area contributed by atoms with Crippen LogP contribution in [0.1, 0.15) is 32.2 Å². The highest BCUT2D eigenvalue weighted by atomic mass is 16.5. The smallest absolute Gasteiger partial charge is 0.261 e. The molecule has 2 amide bonds. The van der Waals surface area contributed by atoms with E-state index in [9.17, 15) is 9.59 Å². The molecule has 0 fully saturated rings. The third kappa shape index (κ3) is 3.98. The van der Waals surface area contributed by atoms with Crippen LogP contribution < -0.4 is 15.4 Å². The molecule has 3 aromatic rings. The minimum absolute atomic E-state index is 0.304. The lowest BCUT2D eigenvalue weighted by atomic mass is 10.1. The SMILES string of the molecule is COc1ccccc1C(=O)Nc1cccc(NC(=O)c2c(C)noc2C)c1. The van der Waals surface area contributed by atoms with E-state index in [0.717, 1.165) is 0 Å². The van der Waals surface area contributed by atoms with Crippen LogP contribution in [-0.4, -0.2) is 24.1 Å². The zero-order valence-corrected chi connectivity index (χ0v) is 15.2. The van der Waals surface area contributed by atoms with Crippen LogP contribution in [0.15, 0.2) is 53.1 Å². The normalized spacial score (nSPS) is 10.3. The third-order valence-corrected chi connectivity index (χ3v) is 3.99. The number of methoxy groups -OCH3 is 1. The summed E-state index contributed by atoms with van der Waals surface area (Å²) in [5.41, 5.74) is 2.43. The van der Waals surface area contributed by atoms with Crippen molar-refractivity contribution in [3.05, 3.63) is 71.1 Å². The first-order valence-electron chi connectivity index (χ1n) is 8.28. The van der Waals surface area contributed by atoms with Gasteiger partial charge in [-0.05, 0) is 44.2 Å². The zero-order chi connectivity index (χ0) is 19.4. The summed E-state index contributed by atoms with van der Waals surface area (Å²) in [5, 5.41) is 9.37. The molecule has 0 saturated heterocycles. The van der Waals surface area contributed by atoms with Gasteiger partial charge in [0.05, 0.1) is 18.4 Å². The fourth-order valence-corrected chi connectivity index (χ4v) is 2.71. The fraction of sp³-hybridized carbons (Fsp3) is 0.150. The number of ether oxygens (including phenoxy) is 1. The number of nitrogens with zero attached hydrogens (tertiary/aromatic N) is 1. The van der Waals surface area contributed by atoms with Gasteiger partial charge in [-0.3, -0.25) is 9.59 Å². The first kappa shape index (κ1) is 18.2. The van der Waals surface area contributed by atoms with Gasteiger partial charge in [0.2, 0.25) is 0 Å². The van der Waals surface area contributed by atoms with Gasteiger partial charge < -0.3 is 19.9 Å². The molecular weight excluding hydrogens is 346 g/mol. The quantitative estimate of drug-likeness (QED) is 0.717. The fourth-order valence-electron chi connectivity index (χ4n) is 2.71. The first-order chi connectivity index (χ1) is 13.0. The van der Waals surface area contributed by atoms with Crippen LogP contribution in [0, 0.1) is 13.8 Å². The van der Waals surface area contributed by atoms with Crippen LogP contribution in [0.3, 0.4) is 0 Å². The molecule has 27 heavy (non-hydrogen) atoms. The van der Waals surface area contributed by atoms with Gasteiger partial charge in [0.25, 0.3) is 11.8 Å². The average molecular weight is 365 g/mol. The van der Waals surface area contributed by atoms with Crippen molar-refractivity contribution in [2.45, 2.75) is 13.8 Å². The molecule has 0 bridgehead atoms. The molecule has 1 aromatic heterocycles. The summed E-state index contributed by atoms with van der Waals surface area (Å²) in [5.74, 6) is 0.310. The number of amides is 2. The maximum Gasteiger partial charge on any atom is 0.261 e. The number of aryl methyl sites for hydroxylation is 2. The Labute approximate surface area is 156 Å². The van der Waals surface area contributed by atoms with Crippen LogP contribution in [0.25, 0.3) is 0 Å². The monoisotopic (exact) mass is 365 g/mol. The molecule has 0 aliphatic carbocycles. The molecule has 0 aliphatic rings. The number of hydrogen-bond donors (Lipinski definition) is 2. The van der Waals surface area contributed by atoms with Gasteiger partial charge in [0.1, 0.15) is 17.1 Å². The van der Waals surface area contributed by atoms with E-state index in [1.54, 1.807) is 62.4 Å². The first-order valence-corrected chi connectivity index (χ1v) is 8.28. The molecule has 7 heteroatoms. The molecule has 0 saturated carbocycles. The molecule has 7 nitrogen and oxygen atoms in total. The molecule has 2 N–H and O–H groups in total. The van der Waals surface area contributed by atoms with Crippen molar-refractivity contribution < 1.29 is 18.8 Å². The van der Waals surface area contributed by atoms with E-state index < -0.39 is 0 Å². The number of aromatic nitrogens is 1. The van der Waals surface area contributed by atoms with Crippen molar-refractivity contribution in [1.82, 2.24) is 5.16 Å². The number of nitrogens with one attached hydrogen (secondary N) is 2. The van der Waals surface area contributed by atoms with Gasteiger partial charge in [-0.2, -0.15) is 0 Å². The van der Waals surface area contributed by atoms with E-state index in [4.69, 9.17) is 9.26 Å². The number of hydrogen-bond acceptors (Lipinski definition) is 5. The van der Waals surface area contributed by atoms with Crippen molar-refractivity contribution in [3.8, 4) is 5.75 Å². The summed E-state index contributed by atoms with van der Waals surface area (Å²) in [6.45, 7) is 3.38. The van der Waals surface area contributed by atoms with E-state index in [1.807, 2.05) is 0 Å². The van der Waals surface area contributed by atoms with Crippen LogP contribution in [0.4, 0.5) is 11.4 Å². The van der Waals surface area contributed by atoms with E-state index in [2.05, 4.69) is 15.8 Å². The van der Waals surface area contributed by atoms with Gasteiger partial charge in [0.15, 0.2) is 0 Å². The van der Waals surface area contributed by atoms with E-state index >= 15 is 0 Å². The Morgan fingerprint density at radius 2 is 1.63 bits per heavy atom. The van der Waals surface area contributed by atoms with Gasteiger partial charge in [-0.25, -0.2) is 0 Å². The van der Waals surface area contributed by atoms with E-state index in [1.165, 1.54) is 7.11 Å². The van der Waals surface area contributed by atoms with Crippen LogP contribution in [-0.2, 0) is 0 Å². The number of rotatable bonds is 5. The highest BCUT2D eigenvalue weighted by Gasteiger charge is 2.18. The Morgan fingerprint density at radius 1 is 0.963 bits per heavy atom. The van der Waals surface area contributed by atoms with Gasteiger partial charge in [0, 0.05) is 11.4 Å². The van der Waals surface area contributed by atoms with Crippen LogP contribution in [0.2, 0.25) is 0 Å². The molecule has 0 unspecified atom stereocenters. The van der Waals surface area contributed by atoms with Gasteiger partial charge in [-0.1, -0.05) is 23.4 Å². The van der Waals surface area contributed by atoms with Crippen LogP contribution in [0.5, 0.6) is 5.75 Å². The highest BCUT2D eigenvalue weighted by Crippen LogP contribution is 2.22. The van der Waals surface area contributed by atoms with Crippen molar-refractivity contribution in [3.63, 3.8) is 0 Å². The predicted molar refractivity (Wildman–Crippen MR) is 101 cm³/mol. The summed E-state index contributed by atoms with van der Waals surface area (Å²) < 4.78 is 10.2. The van der Waals surface area contributed by atoms with Crippen LogP contribution >= 0.6 is 0 Å². The summed E-state index contributed by atoms with van der Waals surface area (Å²) in [6, 6.07) is 13.8. The lowest BCUT2D eigenvalue weighted by Crippen LogP contribution is -2.15. The van der Waals surface area contributed by atoms with Gasteiger partial charge >= 0.3 is 0 Å². The third-order valence-electron chi connectivity index (χ3n) is 3.99. The van der Waals surface area contributed by atoms with Crippen molar-refractivity contribution >= 4 is 23.2 Å². The number of para-hydroxylation sites is 1. The molecule has 138 valence electrons. The Bertz CT molecular complexity index is 975.